The Labute approximate surface area is 176 Å². The quantitative estimate of drug-likeness (QED) is 0.784. The third kappa shape index (κ3) is 4.44. The SMILES string of the molecule is Cl.O=C(c1ccc(NC(=O)C2(n3cccn3)CCNCC2)cc1)N1CCOCC1. The van der Waals surface area contributed by atoms with Crippen LogP contribution in [0.15, 0.2) is 42.7 Å². The molecule has 4 rings (SSSR count). The summed E-state index contributed by atoms with van der Waals surface area (Å²) in [6, 6.07) is 8.92. The molecule has 2 aliphatic heterocycles. The van der Waals surface area contributed by atoms with Crippen molar-refractivity contribution in [2.24, 2.45) is 0 Å². The number of hydrogen-bond donors (Lipinski definition) is 2. The number of nitrogens with one attached hydrogen (secondary N) is 2. The molecule has 0 unspecified atom stereocenters. The van der Waals surface area contributed by atoms with Crippen molar-refractivity contribution in [3.63, 3.8) is 0 Å². The summed E-state index contributed by atoms with van der Waals surface area (Å²) < 4.78 is 7.06. The summed E-state index contributed by atoms with van der Waals surface area (Å²) in [5.41, 5.74) is 0.592. The molecule has 2 amide bonds. The number of halogens is 1. The summed E-state index contributed by atoms with van der Waals surface area (Å²) in [6.45, 7) is 3.89. The summed E-state index contributed by atoms with van der Waals surface area (Å²) in [4.78, 5) is 27.5. The molecule has 1 aromatic heterocycles. The molecule has 3 heterocycles. The zero-order chi connectivity index (χ0) is 19.4. The maximum absolute atomic E-state index is 13.2. The standard InChI is InChI=1S/C20H25N5O3.ClH/c26-18(24-12-14-28-15-13-24)16-2-4-17(5-3-16)23-19(27)20(6-9-21-10-7-20)25-11-1-8-22-25;/h1-5,8,11,21H,6-7,9-10,12-15H2,(H,23,27);1H. The van der Waals surface area contributed by atoms with Crippen molar-refractivity contribution in [3.8, 4) is 0 Å². The summed E-state index contributed by atoms with van der Waals surface area (Å²) >= 11 is 0. The number of aromatic nitrogens is 2. The van der Waals surface area contributed by atoms with Crippen LogP contribution in [0.3, 0.4) is 0 Å². The second kappa shape index (κ2) is 9.39. The fraction of sp³-hybridized carbons (Fsp3) is 0.450. The third-order valence-corrected chi connectivity index (χ3v) is 5.48. The molecular formula is C20H26ClN5O3. The Morgan fingerprint density at radius 1 is 1.10 bits per heavy atom. The van der Waals surface area contributed by atoms with E-state index in [0.717, 1.165) is 13.1 Å². The molecular weight excluding hydrogens is 394 g/mol. The van der Waals surface area contributed by atoms with Crippen molar-refractivity contribution in [1.29, 1.82) is 0 Å². The van der Waals surface area contributed by atoms with E-state index in [2.05, 4.69) is 15.7 Å². The normalized spacial score (nSPS) is 18.6. The van der Waals surface area contributed by atoms with Crippen LogP contribution in [0.5, 0.6) is 0 Å². The van der Waals surface area contributed by atoms with Crippen LogP contribution >= 0.6 is 12.4 Å². The maximum Gasteiger partial charge on any atom is 0.254 e. The lowest BCUT2D eigenvalue weighted by atomic mass is 9.87. The van der Waals surface area contributed by atoms with Gasteiger partial charge in [0.25, 0.3) is 11.8 Å². The van der Waals surface area contributed by atoms with E-state index in [1.165, 1.54) is 0 Å². The van der Waals surface area contributed by atoms with E-state index in [1.54, 1.807) is 40.0 Å². The van der Waals surface area contributed by atoms with Gasteiger partial charge in [-0.25, -0.2) is 0 Å². The van der Waals surface area contributed by atoms with Gasteiger partial charge in [-0.05, 0) is 56.3 Å². The summed E-state index contributed by atoms with van der Waals surface area (Å²) in [6.07, 6.45) is 4.89. The van der Waals surface area contributed by atoms with Crippen molar-refractivity contribution in [2.75, 3.05) is 44.7 Å². The molecule has 0 aliphatic carbocycles. The molecule has 2 fully saturated rings. The first kappa shape index (κ1) is 21.3. The molecule has 0 bridgehead atoms. The fourth-order valence-corrected chi connectivity index (χ4v) is 3.82. The van der Waals surface area contributed by atoms with Crippen LogP contribution in [-0.2, 0) is 15.1 Å². The molecule has 2 aliphatic rings. The van der Waals surface area contributed by atoms with Gasteiger partial charge in [-0.3, -0.25) is 14.3 Å². The average molecular weight is 420 g/mol. The second-order valence-corrected chi connectivity index (χ2v) is 7.17. The van der Waals surface area contributed by atoms with Crippen LogP contribution in [-0.4, -0.2) is 65.9 Å². The van der Waals surface area contributed by atoms with Gasteiger partial charge in [0.2, 0.25) is 0 Å². The van der Waals surface area contributed by atoms with Crippen molar-refractivity contribution in [1.82, 2.24) is 20.0 Å². The summed E-state index contributed by atoms with van der Waals surface area (Å²) in [5.74, 6) is -0.0856. The molecule has 8 nitrogen and oxygen atoms in total. The molecule has 0 spiro atoms. The highest BCUT2D eigenvalue weighted by molar-refractivity contribution is 5.98. The largest absolute Gasteiger partial charge is 0.378 e. The number of hydrogen-bond acceptors (Lipinski definition) is 5. The number of carbonyl (C=O) groups is 2. The molecule has 29 heavy (non-hydrogen) atoms. The van der Waals surface area contributed by atoms with E-state index >= 15 is 0 Å². The van der Waals surface area contributed by atoms with Gasteiger partial charge in [-0.15, -0.1) is 12.4 Å². The Bertz CT molecular complexity index is 813. The molecule has 0 radical (unpaired) electrons. The third-order valence-electron chi connectivity index (χ3n) is 5.48. The van der Waals surface area contributed by atoms with Crippen LogP contribution in [0, 0.1) is 0 Å². The Kier molecular flexibility index (Phi) is 6.89. The molecule has 9 heteroatoms. The van der Waals surface area contributed by atoms with Crippen molar-refractivity contribution >= 4 is 29.9 Å². The van der Waals surface area contributed by atoms with Gasteiger partial charge >= 0.3 is 0 Å². The highest BCUT2D eigenvalue weighted by atomic mass is 35.5. The molecule has 2 N–H and O–H groups in total. The molecule has 2 saturated heterocycles. The first-order valence-electron chi connectivity index (χ1n) is 9.68. The zero-order valence-electron chi connectivity index (χ0n) is 16.2. The maximum atomic E-state index is 13.2. The number of rotatable bonds is 4. The van der Waals surface area contributed by atoms with Gasteiger partial charge in [-0.1, -0.05) is 0 Å². The summed E-state index contributed by atoms with van der Waals surface area (Å²) in [5, 5.41) is 10.6. The van der Waals surface area contributed by atoms with Gasteiger partial charge in [0.05, 0.1) is 13.2 Å². The predicted molar refractivity (Wildman–Crippen MR) is 111 cm³/mol. The monoisotopic (exact) mass is 419 g/mol. The van der Waals surface area contributed by atoms with E-state index in [9.17, 15) is 9.59 Å². The zero-order valence-corrected chi connectivity index (χ0v) is 17.0. The minimum absolute atomic E-state index is 0. The Morgan fingerprint density at radius 2 is 1.79 bits per heavy atom. The Balaban J connectivity index is 0.00000240. The number of benzene rings is 1. The highest BCUT2D eigenvalue weighted by Crippen LogP contribution is 2.28. The molecule has 0 atom stereocenters. The van der Waals surface area contributed by atoms with E-state index in [0.29, 0.717) is 50.4 Å². The van der Waals surface area contributed by atoms with Crippen LogP contribution < -0.4 is 10.6 Å². The lowest BCUT2D eigenvalue weighted by Crippen LogP contribution is -2.52. The predicted octanol–water partition coefficient (Wildman–Crippen LogP) is 1.49. The van der Waals surface area contributed by atoms with Crippen LogP contribution in [0.25, 0.3) is 0 Å². The van der Waals surface area contributed by atoms with E-state index < -0.39 is 5.54 Å². The first-order chi connectivity index (χ1) is 13.7. The molecule has 156 valence electrons. The molecule has 2 aromatic rings. The minimum Gasteiger partial charge on any atom is -0.378 e. The van der Waals surface area contributed by atoms with Gasteiger partial charge in [-0.2, -0.15) is 5.10 Å². The first-order valence-corrected chi connectivity index (χ1v) is 9.68. The number of piperidine rings is 1. The van der Waals surface area contributed by atoms with Gasteiger partial charge in [0, 0.05) is 36.7 Å². The highest BCUT2D eigenvalue weighted by Gasteiger charge is 2.42. The van der Waals surface area contributed by atoms with Gasteiger partial charge < -0.3 is 20.3 Å². The van der Waals surface area contributed by atoms with Gasteiger partial charge in [0.15, 0.2) is 0 Å². The number of carbonyl (C=O) groups excluding carboxylic acids is 2. The molecule has 1 aromatic carbocycles. The average Bonchev–Trinajstić information content (AvgIpc) is 3.30. The van der Waals surface area contributed by atoms with Crippen LogP contribution in [0.4, 0.5) is 5.69 Å². The topological polar surface area (TPSA) is 88.5 Å². The van der Waals surface area contributed by atoms with E-state index in [1.807, 2.05) is 12.3 Å². The lowest BCUT2D eigenvalue weighted by Gasteiger charge is -2.36. The second-order valence-electron chi connectivity index (χ2n) is 7.17. The Morgan fingerprint density at radius 3 is 2.41 bits per heavy atom. The molecule has 0 saturated carbocycles. The van der Waals surface area contributed by atoms with Crippen LogP contribution in [0.2, 0.25) is 0 Å². The number of nitrogens with zero attached hydrogens (tertiary/aromatic N) is 3. The van der Waals surface area contributed by atoms with E-state index in [-0.39, 0.29) is 24.2 Å². The van der Waals surface area contributed by atoms with Crippen molar-refractivity contribution < 1.29 is 14.3 Å². The lowest BCUT2D eigenvalue weighted by molar-refractivity contribution is -0.126. The van der Waals surface area contributed by atoms with Crippen LogP contribution in [0.1, 0.15) is 23.2 Å². The van der Waals surface area contributed by atoms with E-state index in [4.69, 9.17) is 4.74 Å². The van der Waals surface area contributed by atoms with Crippen molar-refractivity contribution in [3.05, 3.63) is 48.3 Å². The summed E-state index contributed by atoms with van der Waals surface area (Å²) in [7, 11) is 0. The number of amides is 2. The fourth-order valence-electron chi connectivity index (χ4n) is 3.82. The minimum atomic E-state index is -0.697. The number of ether oxygens (including phenoxy) is 1. The Hall–Kier alpha value is -2.42. The number of anilines is 1. The van der Waals surface area contributed by atoms with Crippen molar-refractivity contribution in [2.45, 2.75) is 18.4 Å². The van der Waals surface area contributed by atoms with Gasteiger partial charge in [0.1, 0.15) is 5.54 Å². The number of morpholine rings is 1. The smallest absolute Gasteiger partial charge is 0.254 e.